The minimum Gasteiger partial charge on any atom is -0.462 e. The number of phosphoric acid groups is 1. The van der Waals surface area contributed by atoms with Crippen molar-refractivity contribution < 1.29 is 67.9 Å². The molecule has 0 aliphatic heterocycles. The molecule has 0 amide bonds. The number of rotatable bonds is 36. The Bertz CT molecular complexity index is 1180. The summed E-state index contributed by atoms with van der Waals surface area (Å²) >= 11 is 0. The van der Waals surface area contributed by atoms with Gasteiger partial charge in [-0.3, -0.25) is 23.4 Å². The van der Waals surface area contributed by atoms with Gasteiger partial charge in [0.2, 0.25) is 0 Å². The maximum absolute atomic E-state index is 12.8. The van der Waals surface area contributed by atoms with E-state index in [4.69, 9.17) is 18.5 Å². The van der Waals surface area contributed by atoms with Gasteiger partial charge in [0.25, 0.3) is 0 Å². The number of phosphoric ester groups is 1. The molecular formula is C43H77O14P. The quantitative estimate of drug-likeness (QED) is 0.0120. The van der Waals surface area contributed by atoms with Crippen LogP contribution in [0.3, 0.4) is 0 Å². The minimum atomic E-state index is -5.14. The van der Waals surface area contributed by atoms with Gasteiger partial charge < -0.3 is 39.9 Å². The number of unbranched alkanes of at least 4 members (excludes halogenated alkanes) is 19. The first-order valence-corrected chi connectivity index (χ1v) is 23.6. The van der Waals surface area contributed by atoms with Gasteiger partial charge >= 0.3 is 19.8 Å². The Morgan fingerprint density at radius 2 is 1.02 bits per heavy atom. The third-order valence-electron chi connectivity index (χ3n) is 10.3. The van der Waals surface area contributed by atoms with Crippen molar-refractivity contribution in [2.75, 3.05) is 13.2 Å². The smallest absolute Gasteiger partial charge is 0.462 e. The molecule has 15 heteroatoms. The minimum absolute atomic E-state index is 0.0154. The van der Waals surface area contributed by atoms with Crippen LogP contribution < -0.4 is 0 Å². The predicted molar refractivity (Wildman–Crippen MR) is 222 cm³/mol. The van der Waals surface area contributed by atoms with Crippen LogP contribution >= 0.6 is 7.82 Å². The molecule has 0 bridgehead atoms. The normalized spacial score (nSPS) is 22.6. The molecule has 14 nitrogen and oxygen atoms in total. The third-order valence-corrected chi connectivity index (χ3v) is 11.3. The molecule has 1 fully saturated rings. The molecule has 0 radical (unpaired) electrons. The number of ketones is 1. The van der Waals surface area contributed by atoms with Gasteiger partial charge in [0.05, 0.1) is 6.61 Å². The zero-order valence-corrected chi connectivity index (χ0v) is 36.2. The van der Waals surface area contributed by atoms with Gasteiger partial charge in [-0.2, -0.15) is 0 Å². The summed E-state index contributed by atoms with van der Waals surface area (Å²) in [5, 5.41) is 50.0. The van der Waals surface area contributed by atoms with Crippen LogP contribution in [0.15, 0.2) is 24.3 Å². The van der Waals surface area contributed by atoms with E-state index in [0.29, 0.717) is 25.7 Å². The molecule has 0 aromatic rings. The van der Waals surface area contributed by atoms with E-state index < -0.39 is 75.7 Å². The van der Waals surface area contributed by atoms with Crippen molar-refractivity contribution in [2.24, 2.45) is 0 Å². The Morgan fingerprint density at radius 1 is 0.569 bits per heavy atom. The van der Waals surface area contributed by atoms with Gasteiger partial charge in [-0.25, -0.2) is 4.57 Å². The summed E-state index contributed by atoms with van der Waals surface area (Å²) in [5.41, 5.74) is 0. The second-order valence-electron chi connectivity index (χ2n) is 15.6. The standard InChI is InChI=1S/C43H77O14P/c1-3-5-7-9-11-12-13-14-15-16-18-22-26-30-36(45)54-32-35(33-55-58(52,53)57-43-41(50)39(48)38(47)40(49)42(43)51)56-37(46)31-27-23-19-21-25-29-34(44)28-24-20-17-10-8-6-4-2/h17,20,24,28,35,38-43,47-51H,3-16,18-19,21-23,25-27,29-33H2,1-2H3,(H,52,53)/b20-17-,28-24+/t35-,38?,39-,40+,41-,42-,43?/m1/s1. The molecule has 1 aliphatic carbocycles. The summed E-state index contributed by atoms with van der Waals surface area (Å²) in [6.45, 7) is 3.13. The van der Waals surface area contributed by atoms with E-state index in [-0.39, 0.29) is 18.6 Å². The summed E-state index contributed by atoms with van der Waals surface area (Å²) in [6, 6.07) is 0. The lowest BCUT2D eigenvalue weighted by atomic mass is 9.85. The number of allylic oxidation sites excluding steroid dienone is 4. The van der Waals surface area contributed by atoms with Crippen LogP contribution in [-0.2, 0) is 37.5 Å². The Kier molecular flexibility index (Phi) is 31.4. The van der Waals surface area contributed by atoms with E-state index >= 15 is 0 Å². The molecule has 0 heterocycles. The van der Waals surface area contributed by atoms with E-state index in [1.165, 1.54) is 70.6 Å². The SMILES string of the molecule is CCCCC/C=C\C=C\C(=O)CCCCCCCC(=O)O[C@H](COC(=O)CCCCCCCCCCCCCCC)COP(=O)(O)OC1[C@H](O)[C@H](O)C(O)[C@H](O)[C@H]1O. The highest BCUT2D eigenvalue weighted by Crippen LogP contribution is 2.47. The number of aliphatic hydroxyl groups excluding tert-OH is 5. The van der Waals surface area contributed by atoms with Crippen molar-refractivity contribution in [1.29, 1.82) is 0 Å². The van der Waals surface area contributed by atoms with Crippen molar-refractivity contribution in [3.05, 3.63) is 24.3 Å². The van der Waals surface area contributed by atoms with Crippen LogP contribution in [0, 0.1) is 0 Å². The molecule has 0 saturated heterocycles. The van der Waals surface area contributed by atoms with Gasteiger partial charge in [0.1, 0.15) is 43.2 Å². The fourth-order valence-electron chi connectivity index (χ4n) is 6.62. The van der Waals surface area contributed by atoms with Crippen molar-refractivity contribution >= 4 is 25.5 Å². The number of carbonyl (C=O) groups excluding carboxylic acids is 3. The zero-order valence-electron chi connectivity index (χ0n) is 35.3. The van der Waals surface area contributed by atoms with E-state index in [0.717, 1.165) is 51.4 Å². The van der Waals surface area contributed by atoms with Gasteiger partial charge in [-0.05, 0) is 38.2 Å². The molecule has 0 spiro atoms. The van der Waals surface area contributed by atoms with Crippen LogP contribution in [0.25, 0.3) is 0 Å². The summed E-state index contributed by atoms with van der Waals surface area (Å²) in [5.74, 6) is -1.12. The highest BCUT2D eigenvalue weighted by molar-refractivity contribution is 7.47. The van der Waals surface area contributed by atoms with Gasteiger partial charge in [0, 0.05) is 19.3 Å². The molecule has 1 aliphatic rings. The first-order chi connectivity index (χ1) is 27.8. The maximum atomic E-state index is 12.8. The molecule has 1 saturated carbocycles. The predicted octanol–water partition coefficient (Wildman–Crippen LogP) is 7.24. The van der Waals surface area contributed by atoms with Gasteiger partial charge in [-0.15, -0.1) is 0 Å². The van der Waals surface area contributed by atoms with Crippen molar-refractivity contribution in [2.45, 2.75) is 217 Å². The third kappa shape index (κ3) is 26.3. The molecule has 58 heavy (non-hydrogen) atoms. The maximum Gasteiger partial charge on any atom is 0.472 e. The second-order valence-corrected chi connectivity index (χ2v) is 17.0. The second kappa shape index (κ2) is 33.7. The van der Waals surface area contributed by atoms with Gasteiger partial charge in [-0.1, -0.05) is 141 Å². The first-order valence-electron chi connectivity index (χ1n) is 22.1. The van der Waals surface area contributed by atoms with E-state index in [1.54, 1.807) is 12.2 Å². The number of aliphatic hydroxyl groups is 5. The van der Waals surface area contributed by atoms with Crippen LogP contribution in [-0.4, -0.2) is 104 Å². The van der Waals surface area contributed by atoms with E-state index in [2.05, 4.69) is 19.9 Å². The molecule has 0 aromatic heterocycles. The van der Waals surface area contributed by atoms with Crippen LogP contribution in [0.2, 0.25) is 0 Å². The highest BCUT2D eigenvalue weighted by atomic mass is 31.2. The van der Waals surface area contributed by atoms with Crippen LogP contribution in [0.5, 0.6) is 0 Å². The zero-order chi connectivity index (χ0) is 43.0. The number of ether oxygens (including phenoxy) is 2. The number of esters is 2. The lowest BCUT2D eigenvalue weighted by Gasteiger charge is -2.41. The molecular weight excluding hydrogens is 771 g/mol. The summed E-state index contributed by atoms with van der Waals surface area (Å²) in [6.07, 6.45) is 17.7. The van der Waals surface area contributed by atoms with Gasteiger partial charge in [0.15, 0.2) is 11.9 Å². The molecule has 6 N–H and O–H groups in total. The molecule has 3 unspecified atom stereocenters. The lowest BCUT2D eigenvalue weighted by Crippen LogP contribution is -2.64. The summed E-state index contributed by atoms with van der Waals surface area (Å²) in [4.78, 5) is 47.7. The molecule has 0 aromatic carbocycles. The first kappa shape index (κ1) is 54.0. The van der Waals surface area contributed by atoms with Crippen LogP contribution in [0.4, 0.5) is 0 Å². The number of hydrogen-bond acceptors (Lipinski definition) is 13. The lowest BCUT2D eigenvalue weighted by molar-refractivity contribution is -0.220. The Balaban J connectivity index is 2.52. The van der Waals surface area contributed by atoms with Crippen molar-refractivity contribution in [3.63, 3.8) is 0 Å². The number of hydrogen-bond donors (Lipinski definition) is 6. The van der Waals surface area contributed by atoms with Crippen molar-refractivity contribution in [3.8, 4) is 0 Å². The Labute approximate surface area is 347 Å². The number of carbonyl (C=O) groups is 3. The monoisotopic (exact) mass is 849 g/mol. The van der Waals surface area contributed by atoms with Crippen LogP contribution in [0.1, 0.15) is 174 Å². The average Bonchev–Trinajstić information content (AvgIpc) is 3.20. The summed E-state index contributed by atoms with van der Waals surface area (Å²) < 4.78 is 33.4. The summed E-state index contributed by atoms with van der Waals surface area (Å²) in [7, 11) is -5.14. The Hall–Kier alpha value is -2.00. The molecule has 8 atom stereocenters. The fourth-order valence-corrected chi connectivity index (χ4v) is 7.59. The highest BCUT2D eigenvalue weighted by Gasteiger charge is 2.51. The Morgan fingerprint density at radius 3 is 1.55 bits per heavy atom. The largest absolute Gasteiger partial charge is 0.472 e. The topological polar surface area (TPSA) is 227 Å². The molecule has 338 valence electrons. The average molecular weight is 849 g/mol. The van der Waals surface area contributed by atoms with E-state index in [9.17, 15) is 49.4 Å². The molecule has 1 rings (SSSR count). The van der Waals surface area contributed by atoms with E-state index in [1.807, 2.05) is 6.08 Å². The fraction of sp³-hybridized carbons (Fsp3) is 0.837. The van der Waals surface area contributed by atoms with Crippen molar-refractivity contribution in [1.82, 2.24) is 0 Å².